The van der Waals surface area contributed by atoms with Crippen molar-refractivity contribution in [2.24, 2.45) is 10.9 Å². The van der Waals surface area contributed by atoms with Crippen molar-refractivity contribution in [3.05, 3.63) is 53.4 Å². The summed E-state index contributed by atoms with van der Waals surface area (Å²) >= 11 is 0. The molecule has 27 heavy (non-hydrogen) atoms. The van der Waals surface area contributed by atoms with Gasteiger partial charge in [-0.1, -0.05) is 56.3 Å². The second kappa shape index (κ2) is 12.7. The van der Waals surface area contributed by atoms with Crippen LogP contribution in [0, 0.1) is 5.92 Å². The minimum absolute atomic E-state index is 0. The highest BCUT2D eigenvalue weighted by molar-refractivity contribution is 14.0. The van der Waals surface area contributed by atoms with Gasteiger partial charge in [-0.2, -0.15) is 0 Å². The van der Waals surface area contributed by atoms with E-state index in [0.29, 0.717) is 31.6 Å². The molecule has 0 radical (unpaired) electrons. The molecule has 1 aromatic heterocycles. The molecule has 0 amide bonds. The molecule has 6 nitrogen and oxygen atoms in total. The molecule has 0 aliphatic carbocycles. The van der Waals surface area contributed by atoms with Crippen LogP contribution in [0.3, 0.4) is 0 Å². The van der Waals surface area contributed by atoms with Crippen LogP contribution >= 0.6 is 24.0 Å². The molecule has 1 aromatic carbocycles. The Morgan fingerprint density at radius 2 is 1.93 bits per heavy atom. The summed E-state index contributed by atoms with van der Waals surface area (Å²) in [6.07, 6.45) is 0. The topological polar surface area (TPSA) is 71.7 Å². The van der Waals surface area contributed by atoms with E-state index in [1.807, 2.05) is 24.3 Å². The van der Waals surface area contributed by atoms with Gasteiger partial charge in [0.15, 0.2) is 11.7 Å². The smallest absolute Gasteiger partial charge is 0.191 e. The number of aromatic nitrogens is 1. The van der Waals surface area contributed by atoms with Gasteiger partial charge >= 0.3 is 0 Å². The summed E-state index contributed by atoms with van der Waals surface area (Å²) in [4.78, 5) is 4.24. The summed E-state index contributed by atoms with van der Waals surface area (Å²) in [5, 5.41) is 10.6. The molecule has 2 aromatic rings. The fraction of sp³-hybridized carbons (Fsp3) is 0.500. The van der Waals surface area contributed by atoms with Gasteiger partial charge in [-0.15, -0.1) is 24.0 Å². The lowest BCUT2D eigenvalue weighted by atomic mass is 10.1. The maximum Gasteiger partial charge on any atom is 0.191 e. The Morgan fingerprint density at radius 1 is 1.19 bits per heavy atom. The second-order valence-corrected chi connectivity index (χ2v) is 6.79. The quantitative estimate of drug-likeness (QED) is 0.319. The average Bonchev–Trinajstić information content (AvgIpc) is 3.12. The van der Waals surface area contributed by atoms with Crippen molar-refractivity contribution in [1.82, 2.24) is 15.8 Å². The molecular formula is C20H31IN4O2. The molecule has 0 bridgehead atoms. The van der Waals surface area contributed by atoms with Gasteiger partial charge in [0.2, 0.25) is 0 Å². The van der Waals surface area contributed by atoms with E-state index < -0.39 is 0 Å². The molecule has 0 saturated carbocycles. The molecule has 2 N–H and O–H groups in total. The molecule has 2 rings (SSSR count). The number of ether oxygens (including phenoxy) is 1. The van der Waals surface area contributed by atoms with E-state index in [1.165, 1.54) is 5.56 Å². The SMILES string of the molecule is CN=C(NCc1cc(C(C)C)no1)NCC(C)COCc1ccccc1.I. The first kappa shape index (κ1) is 23.4. The monoisotopic (exact) mass is 486 g/mol. The van der Waals surface area contributed by atoms with Gasteiger partial charge in [-0.05, 0) is 17.4 Å². The van der Waals surface area contributed by atoms with Crippen molar-refractivity contribution in [2.75, 3.05) is 20.2 Å². The summed E-state index contributed by atoms with van der Waals surface area (Å²) in [5.74, 6) is 2.27. The van der Waals surface area contributed by atoms with Gasteiger partial charge in [-0.3, -0.25) is 4.99 Å². The zero-order valence-corrected chi connectivity index (χ0v) is 18.9. The summed E-state index contributed by atoms with van der Waals surface area (Å²) < 4.78 is 11.1. The first-order valence-electron chi connectivity index (χ1n) is 9.10. The van der Waals surface area contributed by atoms with Crippen LogP contribution in [0.4, 0.5) is 0 Å². The van der Waals surface area contributed by atoms with E-state index in [0.717, 1.165) is 24.0 Å². The Morgan fingerprint density at radius 3 is 2.56 bits per heavy atom. The third-order valence-electron chi connectivity index (χ3n) is 3.95. The molecule has 1 atom stereocenters. The van der Waals surface area contributed by atoms with Gasteiger partial charge in [-0.25, -0.2) is 0 Å². The lowest BCUT2D eigenvalue weighted by Gasteiger charge is -2.16. The standard InChI is InChI=1S/C20H30N4O2.HI/c1-15(2)19-10-18(26-24-19)12-23-20(21-4)22-11-16(3)13-25-14-17-8-6-5-7-9-17;/h5-10,15-16H,11-14H2,1-4H3,(H2,21,22,23);1H. The van der Waals surface area contributed by atoms with Crippen molar-refractivity contribution < 1.29 is 9.26 Å². The molecule has 7 heteroatoms. The van der Waals surface area contributed by atoms with Crippen LogP contribution < -0.4 is 10.6 Å². The predicted molar refractivity (Wildman–Crippen MR) is 119 cm³/mol. The number of nitrogens with one attached hydrogen (secondary N) is 2. The largest absolute Gasteiger partial charge is 0.376 e. The Hall–Kier alpha value is -1.61. The second-order valence-electron chi connectivity index (χ2n) is 6.79. The molecule has 0 spiro atoms. The van der Waals surface area contributed by atoms with Crippen molar-refractivity contribution in [3.8, 4) is 0 Å². The van der Waals surface area contributed by atoms with E-state index >= 15 is 0 Å². The minimum atomic E-state index is 0. The highest BCUT2D eigenvalue weighted by Crippen LogP contribution is 2.13. The van der Waals surface area contributed by atoms with Crippen LogP contribution in [0.5, 0.6) is 0 Å². The van der Waals surface area contributed by atoms with Gasteiger partial charge < -0.3 is 19.9 Å². The Balaban J connectivity index is 0.00000364. The van der Waals surface area contributed by atoms with E-state index in [9.17, 15) is 0 Å². The van der Waals surface area contributed by atoms with E-state index in [4.69, 9.17) is 9.26 Å². The van der Waals surface area contributed by atoms with Crippen molar-refractivity contribution in [2.45, 2.75) is 39.8 Å². The molecule has 0 aliphatic rings. The number of hydrogen-bond donors (Lipinski definition) is 2. The highest BCUT2D eigenvalue weighted by atomic mass is 127. The summed E-state index contributed by atoms with van der Waals surface area (Å²) in [5.41, 5.74) is 2.16. The van der Waals surface area contributed by atoms with Crippen LogP contribution in [-0.2, 0) is 17.9 Å². The van der Waals surface area contributed by atoms with Gasteiger partial charge in [0.1, 0.15) is 0 Å². The third-order valence-corrected chi connectivity index (χ3v) is 3.95. The van der Waals surface area contributed by atoms with Gasteiger partial charge in [0, 0.05) is 19.7 Å². The summed E-state index contributed by atoms with van der Waals surface area (Å²) in [7, 11) is 1.76. The van der Waals surface area contributed by atoms with Gasteiger partial charge in [0.25, 0.3) is 0 Å². The summed E-state index contributed by atoms with van der Waals surface area (Å²) in [6.45, 7) is 9.01. The number of rotatable bonds is 9. The zero-order valence-electron chi connectivity index (χ0n) is 16.6. The summed E-state index contributed by atoms with van der Waals surface area (Å²) in [6, 6.07) is 12.2. The Bertz CT molecular complexity index is 674. The van der Waals surface area contributed by atoms with Crippen molar-refractivity contribution in [3.63, 3.8) is 0 Å². The van der Waals surface area contributed by atoms with Crippen molar-refractivity contribution in [1.29, 1.82) is 0 Å². The van der Waals surface area contributed by atoms with E-state index in [-0.39, 0.29) is 24.0 Å². The first-order valence-corrected chi connectivity index (χ1v) is 9.10. The molecule has 0 fully saturated rings. The number of nitrogens with zero attached hydrogens (tertiary/aromatic N) is 2. The lowest BCUT2D eigenvalue weighted by Crippen LogP contribution is -2.39. The molecule has 1 heterocycles. The van der Waals surface area contributed by atoms with E-state index in [1.54, 1.807) is 7.05 Å². The van der Waals surface area contributed by atoms with E-state index in [2.05, 4.69) is 53.7 Å². The van der Waals surface area contributed by atoms with Crippen LogP contribution in [0.15, 0.2) is 45.9 Å². The lowest BCUT2D eigenvalue weighted by molar-refractivity contribution is 0.0931. The molecular weight excluding hydrogens is 455 g/mol. The Kier molecular flexibility index (Phi) is 11.0. The number of benzene rings is 1. The maximum atomic E-state index is 5.78. The highest BCUT2D eigenvalue weighted by Gasteiger charge is 2.09. The Labute approximate surface area is 179 Å². The molecule has 1 unspecified atom stereocenters. The average molecular weight is 486 g/mol. The van der Waals surface area contributed by atoms with Gasteiger partial charge in [0.05, 0.1) is 25.5 Å². The van der Waals surface area contributed by atoms with Crippen molar-refractivity contribution >= 4 is 29.9 Å². The zero-order chi connectivity index (χ0) is 18.8. The minimum Gasteiger partial charge on any atom is -0.376 e. The molecule has 0 saturated heterocycles. The number of hydrogen-bond acceptors (Lipinski definition) is 4. The normalized spacial score (nSPS) is 12.6. The predicted octanol–water partition coefficient (Wildman–Crippen LogP) is 3.93. The number of aliphatic imine (C=N–C) groups is 1. The third kappa shape index (κ3) is 8.75. The van der Waals surface area contributed by atoms with Crippen LogP contribution in [0.2, 0.25) is 0 Å². The number of guanidine groups is 1. The van der Waals surface area contributed by atoms with Crippen LogP contribution in [0.1, 0.15) is 43.7 Å². The van der Waals surface area contributed by atoms with Crippen LogP contribution in [0.25, 0.3) is 0 Å². The first-order chi connectivity index (χ1) is 12.6. The fourth-order valence-corrected chi connectivity index (χ4v) is 2.36. The molecule has 150 valence electrons. The molecule has 0 aliphatic heterocycles. The maximum absolute atomic E-state index is 5.78. The fourth-order valence-electron chi connectivity index (χ4n) is 2.36. The van der Waals surface area contributed by atoms with Crippen LogP contribution in [-0.4, -0.2) is 31.3 Å². The number of halogens is 1.